The Labute approximate surface area is 91.9 Å². The Bertz CT molecular complexity index is 511. The molecule has 1 rings (SSSR count). The molecule has 0 spiro atoms. The number of hydrogen-bond donors (Lipinski definition) is 2. The van der Waals surface area contributed by atoms with E-state index < -0.39 is 26.4 Å². The molecule has 88 valence electrons. The van der Waals surface area contributed by atoms with E-state index in [-0.39, 0.29) is 11.4 Å². The number of nitro groups is 1. The maximum absolute atomic E-state index is 11.5. The third-order valence-corrected chi connectivity index (χ3v) is 3.33. The van der Waals surface area contributed by atoms with Gasteiger partial charge in [0.25, 0.3) is 0 Å². The van der Waals surface area contributed by atoms with Crippen molar-refractivity contribution in [3.8, 4) is 5.75 Å². The number of phenols is 1. The summed E-state index contributed by atoms with van der Waals surface area (Å²) in [5, 5.41) is 19.6. The Morgan fingerprint density at radius 1 is 1.50 bits per heavy atom. The van der Waals surface area contributed by atoms with Crippen LogP contribution in [0.5, 0.6) is 5.75 Å². The van der Waals surface area contributed by atoms with E-state index in [9.17, 15) is 18.5 Å². The van der Waals surface area contributed by atoms with Crippen molar-refractivity contribution in [2.45, 2.75) is 11.8 Å². The van der Waals surface area contributed by atoms with Crippen LogP contribution in [0.2, 0.25) is 0 Å². The SMILES string of the molecule is CCNS(=O)(=O)c1ccc(O)c([N+](=O)[O-])c1. The van der Waals surface area contributed by atoms with Crippen LogP contribution in [0, 0.1) is 10.1 Å². The molecular formula is C8H10N2O5S. The normalized spacial score (nSPS) is 11.3. The van der Waals surface area contributed by atoms with Crippen molar-refractivity contribution < 1.29 is 18.4 Å². The molecule has 2 N–H and O–H groups in total. The van der Waals surface area contributed by atoms with Gasteiger partial charge in [-0.2, -0.15) is 0 Å². The van der Waals surface area contributed by atoms with Crippen molar-refractivity contribution in [1.29, 1.82) is 0 Å². The summed E-state index contributed by atoms with van der Waals surface area (Å²) < 4.78 is 25.2. The van der Waals surface area contributed by atoms with Crippen LogP contribution in [-0.2, 0) is 10.0 Å². The summed E-state index contributed by atoms with van der Waals surface area (Å²) in [6.45, 7) is 1.77. The zero-order valence-electron chi connectivity index (χ0n) is 8.37. The number of nitrogens with one attached hydrogen (secondary N) is 1. The molecule has 0 radical (unpaired) electrons. The van der Waals surface area contributed by atoms with Gasteiger partial charge in [0, 0.05) is 12.6 Å². The average Bonchev–Trinajstić information content (AvgIpc) is 2.17. The molecule has 0 fully saturated rings. The number of nitrogens with zero attached hydrogens (tertiary/aromatic N) is 1. The number of rotatable bonds is 4. The zero-order chi connectivity index (χ0) is 12.3. The van der Waals surface area contributed by atoms with E-state index in [2.05, 4.69) is 4.72 Å². The molecule has 8 heteroatoms. The molecule has 0 atom stereocenters. The van der Waals surface area contributed by atoms with Crippen molar-refractivity contribution >= 4 is 15.7 Å². The predicted molar refractivity (Wildman–Crippen MR) is 55.6 cm³/mol. The number of hydrogen-bond acceptors (Lipinski definition) is 5. The first-order chi connectivity index (χ1) is 7.38. The smallest absolute Gasteiger partial charge is 0.312 e. The van der Waals surface area contributed by atoms with Gasteiger partial charge in [0.1, 0.15) is 0 Å². The van der Waals surface area contributed by atoms with Gasteiger partial charge in [0.15, 0.2) is 5.75 Å². The molecule has 0 amide bonds. The second-order valence-corrected chi connectivity index (χ2v) is 4.68. The van der Waals surface area contributed by atoms with Crippen LogP contribution >= 0.6 is 0 Å². The molecule has 0 aromatic heterocycles. The van der Waals surface area contributed by atoms with E-state index in [1.54, 1.807) is 6.92 Å². The van der Waals surface area contributed by atoms with Crippen LogP contribution in [0.1, 0.15) is 6.92 Å². The lowest BCUT2D eigenvalue weighted by Gasteiger charge is -2.04. The van der Waals surface area contributed by atoms with E-state index in [1.165, 1.54) is 0 Å². The van der Waals surface area contributed by atoms with Gasteiger partial charge in [0.2, 0.25) is 10.0 Å². The second kappa shape index (κ2) is 4.45. The van der Waals surface area contributed by atoms with Crippen LogP contribution in [0.25, 0.3) is 0 Å². The molecule has 1 aromatic rings. The minimum Gasteiger partial charge on any atom is -0.502 e. The molecule has 0 unspecified atom stereocenters. The fraction of sp³-hybridized carbons (Fsp3) is 0.250. The Kier molecular flexibility index (Phi) is 3.45. The largest absolute Gasteiger partial charge is 0.502 e. The van der Waals surface area contributed by atoms with E-state index in [0.29, 0.717) is 0 Å². The standard InChI is InChI=1S/C8H10N2O5S/c1-2-9-16(14,15)6-3-4-8(11)7(5-6)10(12)13/h3-5,9,11H,2H2,1H3. The van der Waals surface area contributed by atoms with Crippen molar-refractivity contribution in [3.05, 3.63) is 28.3 Å². The summed E-state index contributed by atoms with van der Waals surface area (Å²) in [7, 11) is -3.75. The van der Waals surface area contributed by atoms with Crippen LogP contribution < -0.4 is 4.72 Å². The molecule has 0 saturated carbocycles. The monoisotopic (exact) mass is 246 g/mol. The summed E-state index contributed by atoms with van der Waals surface area (Å²) in [5.74, 6) is -0.569. The number of aromatic hydroxyl groups is 1. The molecule has 0 aliphatic carbocycles. The number of sulfonamides is 1. The first-order valence-corrected chi connectivity index (χ1v) is 5.84. The number of phenolic OH excluding ortho intramolecular Hbond substituents is 1. The first kappa shape index (κ1) is 12.4. The van der Waals surface area contributed by atoms with Gasteiger partial charge < -0.3 is 5.11 Å². The number of nitro benzene ring substituents is 1. The lowest BCUT2D eigenvalue weighted by Crippen LogP contribution is -2.23. The summed E-state index contributed by atoms with van der Waals surface area (Å²) in [6.07, 6.45) is 0. The van der Waals surface area contributed by atoms with Crippen molar-refractivity contribution in [2.24, 2.45) is 0 Å². The summed E-state index contributed by atoms with van der Waals surface area (Å²) >= 11 is 0. The number of benzene rings is 1. The highest BCUT2D eigenvalue weighted by atomic mass is 32.2. The highest BCUT2D eigenvalue weighted by molar-refractivity contribution is 7.89. The third-order valence-electron chi connectivity index (χ3n) is 1.79. The van der Waals surface area contributed by atoms with E-state index in [0.717, 1.165) is 18.2 Å². The molecule has 1 aromatic carbocycles. The predicted octanol–water partition coefficient (Wildman–Crippen LogP) is 0.599. The van der Waals surface area contributed by atoms with Gasteiger partial charge >= 0.3 is 5.69 Å². The summed E-state index contributed by atoms with van der Waals surface area (Å²) in [6, 6.07) is 2.88. The van der Waals surface area contributed by atoms with Crippen molar-refractivity contribution in [2.75, 3.05) is 6.54 Å². The Balaban J connectivity index is 3.28. The van der Waals surface area contributed by atoms with E-state index >= 15 is 0 Å². The zero-order valence-corrected chi connectivity index (χ0v) is 9.19. The van der Waals surface area contributed by atoms with Crippen LogP contribution in [0.4, 0.5) is 5.69 Å². The Hall–Kier alpha value is -1.67. The fourth-order valence-electron chi connectivity index (χ4n) is 1.09. The van der Waals surface area contributed by atoms with Gasteiger partial charge in [-0.3, -0.25) is 10.1 Å². The first-order valence-electron chi connectivity index (χ1n) is 4.35. The van der Waals surface area contributed by atoms with Crippen molar-refractivity contribution in [3.63, 3.8) is 0 Å². The lowest BCUT2D eigenvalue weighted by molar-refractivity contribution is -0.386. The molecule has 0 saturated heterocycles. The minimum absolute atomic E-state index is 0.178. The fourth-order valence-corrected chi connectivity index (χ4v) is 2.15. The highest BCUT2D eigenvalue weighted by Crippen LogP contribution is 2.27. The van der Waals surface area contributed by atoms with Crippen molar-refractivity contribution in [1.82, 2.24) is 4.72 Å². The molecule has 0 aliphatic rings. The van der Waals surface area contributed by atoms with E-state index in [4.69, 9.17) is 5.11 Å². The molecule has 0 heterocycles. The van der Waals surface area contributed by atoms with Crippen LogP contribution in [0.3, 0.4) is 0 Å². The Morgan fingerprint density at radius 2 is 2.12 bits per heavy atom. The highest BCUT2D eigenvalue weighted by Gasteiger charge is 2.20. The molecule has 7 nitrogen and oxygen atoms in total. The molecule has 16 heavy (non-hydrogen) atoms. The average molecular weight is 246 g/mol. The van der Waals surface area contributed by atoms with Gasteiger partial charge in [0.05, 0.1) is 9.82 Å². The Morgan fingerprint density at radius 3 is 2.62 bits per heavy atom. The third kappa shape index (κ3) is 2.47. The molecule has 0 bridgehead atoms. The topological polar surface area (TPSA) is 110 Å². The van der Waals surface area contributed by atoms with Crippen LogP contribution in [-0.4, -0.2) is 25.0 Å². The molecular weight excluding hydrogens is 236 g/mol. The van der Waals surface area contributed by atoms with Crippen LogP contribution in [0.15, 0.2) is 23.1 Å². The van der Waals surface area contributed by atoms with E-state index in [1.807, 2.05) is 0 Å². The maximum Gasteiger partial charge on any atom is 0.312 e. The summed E-state index contributed by atoms with van der Waals surface area (Å²) in [5.41, 5.74) is -0.640. The minimum atomic E-state index is -3.75. The lowest BCUT2D eigenvalue weighted by atomic mass is 10.3. The van der Waals surface area contributed by atoms with Gasteiger partial charge in [-0.05, 0) is 12.1 Å². The van der Waals surface area contributed by atoms with Gasteiger partial charge in [-0.15, -0.1) is 0 Å². The van der Waals surface area contributed by atoms with Gasteiger partial charge in [-0.25, -0.2) is 13.1 Å². The quantitative estimate of drug-likeness (QED) is 0.597. The van der Waals surface area contributed by atoms with Gasteiger partial charge in [-0.1, -0.05) is 6.92 Å². The molecule has 0 aliphatic heterocycles. The maximum atomic E-state index is 11.5. The summed E-state index contributed by atoms with van der Waals surface area (Å²) in [4.78, 5) is 9.39. The second-order valence-electron chi connectivity index (χ2n) is 2.91.